The van der Waals surface area contributed by atoms with Gasteiger partial charge in [0.15, 0.2) is 0 Å². The highest BCUT2D eigenvalue weighted by atomic mass is 15.1. The molecule has 0 atom stereocenters. The topological polar surface area (TPSA) is 13.1 Å². The lowest BCUT2D eigenvalue weighted by Crippen LogP contribution is -2.09. The van der Waals surface area contributed by atoms with Crippen LogP contribution in [0.2, 0.25) is 0 Å². The Kier molecular flexibility index (Phi) is 8.04. The summed E-state index contributed by atoms with van der Waals surface area (Å²) < 4.78 is 4.80. The Hall–Kier alpha value is -7.62. The predicted octanol–water partition coefficient (Wildman–Crippen LogP) is 15.0. The quantitative estimate of drug-likeness (QED) is 0.159. The second-order valence-corrected chi connectivity index (χ2v) is 15.1. The molecule has 0 N–H and O–H groups in total. The monoisotopic (exact) mass is 741 g/mol. The summed E-state index contributed by atoms with van der Waals surface area (Å²) in [7, 11) is 0. The highest BCUT2D eigenvalue weighted by Gasteiger charge is 2.18. The predicted molar refractivity (Wildman–Crippen MR) is 245 cm³/mol. The molecule has 274 valence electrons. The summed E-state index contributed by atoms with van der Waals surface area (Å²) in [6.45, 7) is 2.16. The molecule has 11 aromatic rings. The molecule has 0 fully saturated rings. The van der Waals surface area contributed by atoms with Gasteiger partial charge in [0.2, 0.25) is 0 Å². The zero-order valence-electron chi connectivity index (χ0n) is 32.1. The molecule has 3 heteroatoms. The lowest BCUT2D eigenvalue weighted by molar-refractivity contribution is 1.17. The summed E-state index contributed by atoms with van der Waals surface area (Å²) >= 11 is 0. The van der Waals surface area contributed by atoms with Crippen LogP contribution in [0.1, 0.15) is 5.56 Å². The molecule has 0 aliphatic carbocycles. The number of aromatic nitrogens is 2. The zero-order chi connectivity index (χ0) is 38.6. The minimum atomic E-state index is 1.12. The summed E-state index contributed by atoms with van der Waals surface area (Å²) in [6.07, 6.45) is 0. The fourth-order valence-corrected chi connectivity index (χ4v) is 8.84. The van der Waals surface area contributed by atoms with Crippen molar-refractivity contribution >= 4 is 60.7 Å². The Labute approximate surface area is 337 Å². The maximum absolute atomic E-state index is 2.40. The third kappa shape index (κ3) is 5.67. The van der Waals surface area contributed by atoms with Crippen molar-refractivity contribution in [3.63, 3.8) is 0 Å². The number of aryl methyl sites for hydroxylation is 1. The first-order valence-corrected chi connectivity index (χ1v) is 19.9. The number of para-hydroxylation sites is 4. The second kappa shape index (κ2) is 13.8. The van der Waals surface area contributed by atoms with E-state index in [1.54, 1.807) is 0 Å². The molecule has 9 aromatic carbocycles. The maximum Gasteiger partial charge on any atom is 0.0541 e. The van der Waals surface area contributed by atoms with E-state index in [1.165, 1.54) is 77.1 Å². The van der Waals surface area contributed by atoms with Crippen LogP contribution in [0.5, 0.6) is 0 Å². The molecule has 0 aliphatic rings. The lowest BCUT2D eigenvalue weighted by Gasteiger charge is -2.25. The van der Waals surface area contributed by atoms with E-state index < -0.39 is 0 Å². The Morgan fingerprint density at radius 1 is 0.293 bits per heavy atom. The fraction of sp³-hybridized carbons (Fsp3) is 0.0182. The number of anilines is 3. The van der Waals surface area contributed by atoms with Crippen molar-refractivity contribution < 1.29 is 0 Å². The average molecular weight is 742 g/mol. The Balaban J connectivity index is 1.05. The van der Waals surface area contributed by atoms with Crippen molar-refractivity contribution in [3.8, 4) is 33.6 Å². The van der Waals surface area contributed by atoms with Crippen LogP contribution in [0.15, 0.2) is 218 Å². The van der Waals surface area contributed by atoms with Crippen LogP contribution in [0.4, 0.5) is 17.1 Å². The molecule has 0 amide bonds. The van der Waals surface area contributed by atoms with Gasteiger partial charge in [-0.2, -0.15) is 0 Å². The first kappa shape index (κ1) is 33.7. The van der Waals surface area contributed by atoms with Crippen LogP contribution in [-0.4, -0.2) is 9.13 Å². The van der Waals surface area contributed by atoms with Gasteiger partial charge in [0.25, 0.3) is 0 Å². The molecule has 0 aliphatic heterocycles. The molecule has 3 nitrogen and oxygen atoms in total. The van der Waals surface area contributed by atoms with Crippen LogP contribution in [0, 0.1) is 6.92 Å². The fourth-order valence-electron chi connectivity index (χ4n) is 8.84. The summed E-state index contributed by atoms with van der Waals surface area (Å²) in [6, 6.07) is 79.2. The van der Waals surface area contributed by atoms with E-state index >= 15 is 0 Å². The molecule has 2 aromatic heterocycles. The van der Waals surface area contributed by atoms with Gasteiger partial charge in [-0.3, -0.25) is 0 Å². The number of nitrogens with zero attached hydrogens (tertiary/aromatic N) is 3. The highest BCUT2D eigenvalue weighted by molar-refractivity contribution is 6.13. The van der Waals surface area contributed by atoms with Crippen molar-refractivity contribution in [2.45, 2.75) is 6.92 Å². The third-order valence-electron chi connectivity index (χ3n) is 11.5. The minimum absolute atomic E-state index is 1.12. The van der Waals surface area contributed by atoms with Gasteiger partial charge in [-0.1, -0.05) is 115 Å². The Bertz CT molecular complexity index is 3230. The molecule has 0 unspecified atom stereocenters. The molecule has 0 radical (unpaired) electrons. The van der Waals surface area contributed by atoms with Gasteiger partial charge in [-0.05, 0) is 138 Å². The number of benzene rings is 9. The SMILES string of the molecule is Cc1cccc(-n2c3ccccc3c3cc(-c4ccc5c(c4)c4cc(-c6ccc(N(c7ccccc7)c7ccccc7)cc6)ccc4n5-c4ccccc4)ccc32)c1. The first-order chi connectivity index (χ1) is 28.7. The molecular formula is C55H39N3. The van der Waals surface area contributed by atoms with Gasteiger partial charge >= 0.3 is 0 Å². The van der Waals surface area contributed by atoms with E-state index in [9.17, 15) is 0 Å². The third-order valence-corrected chi connectivity index (χ3v) is 11.5. The molecule has 11 rings (SSSR count). The summed E-state index contributed by atoms with van der Waals surface area (Å²) in [5, 5.41) is 4.98. The Morgan fingerprint density at radius 3 is 1.28 bits per heavy atom. The summed E-state index contributed by atoms with van der Waals surface area (Å²) in [5.74, 6) is 0. The van der Waals surface area contributed by atoms with E-state index in [1.807, 2.05) is 0 Å². The van der Waals surface area contributed by atoms with Crippen molar-refractivity contribution in [3.05, 3.63) is 224 Å². The van der Waals surface area contributed by atoms with Gasteiger partial charge in [0, 0.05) is 50.0 Å². The average Bonchev–Trinajstić information content (AvgIpc) is 3.79. The van der Waals surface area contributed by atoms with Crippen molar-refractivity contribution in [2.75, 3.05) is 4.90 Å². The lowest BCUT2D eigenvalue weighted by atomic mass is 9.99. The zero-order valence-corrected chi connectivity index (χ0v) is 32.1. The highest BCUT2D eigenvalue weighted by Crippen LogP contribution is 2.40. The van der Waals surface area contributed by atoms with Gasteiger partial charge < -0.3 is 14.0 Å². The van der Waals surface area contributed by atoms with Gasteiger partial charge in [0.1, 0.15) is 0 Å². The van der Waals surface area contributed by atoms with Crippen molar-refractivity contribution in [2.24, 2.45) is 0 Å². The molecule has 0 spiro atoms. The second-order valence-electron chi connectivity index (χ2n) is 15.1. The first-order valence-electron chi connectivity index (χ1n) is 19.9. The van der Waals surface area contributed by atoms with Crippen LogP contribution >= 0.6 is 0 Å². The molecular weight excluding hydrogens is 703 g/mol. The minimum Gasteiger partial charge on any atom is -0.311 e. The summed E-state index contributed by atoms with van der Waals surface area (Å²) in [5.41, 5.74) is 16.5. The van der Waals surface area contributed by atoms with Crippen LogP contribution in [0.3, 0.4) is 0 Å². The molecule has 58 heavy (non-hydrogen) atoms. The number of fused-ring (bicyclic) bond motifs is 6. The summed E-state index contributed by atoms with van der Waals surface area (Å²) in [4.78, 5) is 2.31. The van der Waals surface area contributed by atoms with Crippen LogP contribution < -0.4 is 4.90 Å². The van der Waals surface area contributed by atoms with E-state index in [0.29, 0.717) is 0 Å². The van der Waals surface area contributed by atoms with E-state index in [0.717, 1.165) is 22.7 Å². The molecule has 0 bridgehead atoms. The van der Waals surface area contributed by atoms with Crippen LogP contribution in [0.25, 0.3) is 77.2 Å². The van der Waals surface area contributed by atoms with E-state index in [2.05, 4.69) is 239 Å². The van der Waals surface area contributed by atoms with Crippen molar-refractivity contribution in [1.29, 1.82) is 0 Å². The standard InChI is InChI=1S/C55H39N3/c1-38-14-13-21-47(34-38)58-52-23-12-11-22-48(52)49-36-41(27-32-53(49)58)42-28-33-55-51(37-42)50-35-40(26-31-54(50)57(55)45-19-9-4-10-20-45)39-24-29-46(30-25-39)56(43-15-5-2-6-16-43)44-17-7-3-8-18-44/h2-37H,1H3. The van der Waals surface area contributed by atoms with Gasteiger partial charge in [0.05, 0.1) is 22.1 Å². The van der Waals surface area contributed by atoms with E-state index in [-0.39, 0.29) is 0 Å². The maximum atomic E-state index is 2.40. The molecule has 0 saturated carbocycles. The molecule has 0 saturated heterocycles. The normalized spacial score (nSPS) is 11.5. The number of rotatable bonds is 7. The van der Waals surface area contributed by atoms with Crippen molar-refractivity contribution in [1.82, 2.24) is 9.13 Å². The van der Waals surface area contributed by atoms with Gasteiger partial charge in [-0.15, -0.1) is 0 Å². The smallest absolute Gasteiger partial charge is 0.0541 e. The Morgan fingerprint density at radius 2 is 0.707 bits per heavy atom. The van der Waals surface area contributed by atoms with Crippen LogP contribution in [-0.2, 0) is 0 Å². The molecule has 2 heterocycles. The van der Waals surface area contributed by atoms with E-state index in [4.69, 9.17) is 0 Å². The number of hydrogen-bond donors (Lipinski definition) is 0. The number of hydrogen-bond acceptors (Lipinski definition) is 1. The van der Waals surface area contributed by atoms with Gasteiger partial charge in [-0.25, -0.2) is 0 Å². The largest absolute Gasteiger partial charge is 0.311 e.